The SMILES string of the molecule is CC/C=C/C(CCCCCCCCCOC1CCCCO1)CO[Si](c1ccccc1)(c1ccccc1)C(C)(C)C. The van der Waals surface area contributed by atoms with Crippen molar-refractivity contribution in [2.75, 3.05) is 19.8 Å². The maximum atomic E-state index is 7.27. The average Bonchev–Trinajstić information content (AvgIpc) is 2.97. The topological polar surface area (TPSA) is 27.7 Å². The van der Waals surface area contributed by atoms with Gasteiger partial charge >= 0.3 is 0 Å². The Kier molecular flexibility index (Phi) is 14.7. The van der Waals surface area contributed by atoms with Gasteiger partial charge in [0.25, 0.3) is 8.32 Å². The summed E-state index contributed by atoms with van der Waals surface area (Å²) in [7, 11) is -2.49. The van der Waals surface area contributed by atoms with Gasteiger partial charge in [-0.2, -0.15) is 0 Å². The zero-order valence-electron chi connectivity index (χ0n) is 25.9. The summed E-state index contributed by atoms with van der Waals surface area (Å²) in [6.07, 6.45) is 19.5. The van der Waals surface area contributed by atoms with Gasteiger partial charge in [0.05, 0.1) is 0 Å². The Balaban J connectivity index is 1.48. The second kappa shape index (κ2) is 18.0. The smallest absolute Gasteiger partial charge is 0.261 e. The van der Waals surface area contributed by atoms with Crippen LogP contribution < -0.4 is 10.4 Å². The van der Waals surface area contributed by atoms with E-state index in [2.05, 4.69) is 101 Å². The molecule has 40 heavy (non-hydrogen) atoms. The Morgan fingerprint density at radius 1 is 0.850 bits per heavy atom. The molecule has 0 saturated carbocycles. The van der Waals surface area contributed by atoms with Crippen LogP contribution in [0.1, 0.15) is 105 Å². The van der Waals surface area contributed by atoms with Crippen molar-refractivity contribution in [2.24, 2.45) is 5.92 Å². The van der Waals surface area contributed by atoms with Crippen LogP contribution in [-0.4, -0.2) is 34.4 Å². The van der Waals surface area contributed by atoms with E-state index in [1.165, 1.54) is 68.2 Å². The van der Waals surface area contributed by atoms with Crippen LogP contribution in [0.25, 0.3) is 0 Å². The average molecular weight is 565 g/mol. The molecule has 1 aliphatic heterocycles. The summed E-state index contributed by atoms with van der Waals surface area (Å²) >= 11 is 0. The number of ether oxygens (including phenoxy) is 2. The summed E-state index contributed by atoms with van der Waals surface area (Å²) < 4.78 is 18.8. The monoisotopic (exact) mass is 564 g/mol. The summed E-state index contributed by atoms with van der Waals surface area (Å²) in [5.41, 5.74) is 0. The van der Waals surface area contributed by atoms with Crippen LogP contribution in [0.2, 0.25) is 5.04 Å². The van der Waals surface area contributed by atoms with Crippen LogP contribution in [-0.2, 0) is 13.9 Å². The highest BCUT2D eigenvalue weighted by atomic mass is 28.4. The fourth-order valence-electron chi connectivity index (χ4n) is 6.01. The molecular formula is C36H56O3Si. The number of hydrogen-bond acceptors (Lipinski definition) is 3. The molecule has 0 aromatic heterocycles. The van der Waals surface area contributed by atoms with Crippen LogP contribution in [0.3, 0.4) is 0 Å². The second-order valence-electron chi connectivity index (χ2n) is 12.5. The predicted molar refractivity (Wildman–Crippen MR) is 173 cm³/mol. The minimum Gasteiger partial charge on any atom is -0.407 e. The molecule has 3 nitrogen and oxygen atoms in total. The van der Waals surface area contributed by atoms with Gasteiger partial charge in [-0.1, -0.05) is 139 Å². The van der Waals surface area contributed by atoms with E-state index in [4.69, 9.17) is 13.9 Å². The first-order valence-electron chi connectivity index (χ1n) is 16.1. The molecular weight excluding hydrogens is 508 g/mol. The van der Waals surface area contributed by atoms with Gasteiger partial charge < -0.3 is 13.9 Å². The number of hydrogen-bond donors (Lipinski definition) is 0. The number of allylic oxidation sites excluding steroid dienone is 1. The highest BCUT2D eigenvalue weighted by Crippen LogP contribution is 2.37. The van der Waals surface area contributed by atoms with Crippen molar-refractivity contribution in [3.8, 4) is 0 Å². The van der Waals surface area contributed by atoms with Crippen molar-refractivity contribution < 1.29 is 13.9 Å². The van der Waals surface area contributed by atoms with Crippen molar-refractivity contribution in [3.63, 3.8) is 0 Å². The molecule has 1 aliphatic rings. The third-order valence-corrected chi connectivity index (χ3v) is 13.2. The third kappa shape index (κ3) is 10.3. The van der Waals surface area contributed by atoms with E-state index < -0.39 is 8.32 Å². The Morgan fingerprint density at radius 3 is 2.00 bits per heavy atom. The molecule has 0 N–H and O–H groups in total. The molecule has 0 aliphatic carbocycles. The van der Waals surface area contributed by atoms with Crippen molar-refractivity contribution >= 4 is 18.7 Å². The minimum absolute atomic E-state index is 0.0171. The number of benzene rings is 2. The second-order valence-corrected chi connectivity index (χ2v) is 16.8. The van der Waals surface area contributed by atoms with Crippen LogP contribution in [0, 0.1) is 5.92 Å². The van der Waals surface area contributed by atoms with Gasteiger partial charge in [0.1, 0.15) is 0 Å². The molecule has 2 aromatic rings. The van der Waals surface area contributed by atoms with Gasteiger partial charge in [-0.3, -0.25) is 0 Å². The molecule has 0 bridgehead atoms. The first-order chi connectivity index (χ1) is 19.5. The molecule has 3 rings (SSSR count). The molecule has 2 unspecified atom stereocenters. The molecule has 0 amide bonds. The molecule has 4 heteroatoms. The van der Waals surface area contributed by atoms with Crippen molar-refractivity contribution in [2.45, 2.75) is 116 Å². The lowest BCUT2D eigenvalue weighted by Crippen LogP contribution is -2.66. The van der Waals surface area contributed by atoms with E-state index in [9.17, 15) is 0 Å². The molecule has 0 radical (unpaired) electrons. The summed E-state index contributed by atoms with van der Waals surface area (Å²) in [4.78, 5) is 0. The minimum atomic E-state index is -2.49. The number of unbranched alkanes of at least 4 members (excludes halogenated alkanes) is 6. The standard InChI is InChI=1S/C36H56O3Si/c1-5-6-22-32(23-14-10-8-7-9-11-20-29-37-35-28-19-21-30-38-35)31-39-40(36(2,3)4,33-24-15-12-16-25-33)34-26-17-13-18-27-34/h6,12-13,15-18,22,24-27,32,35H,5,7-11,14,19-21,23,28-31H2,1-4H3/b22-6+. The van der Waals surface area contributed by atoms with Crippen molar-refractivity contribution in [1.29, 1.82) is 0 Å². The molecule has 1 fully saturated rings. The van der Waals surface area contributed by atoms with Gasteiger partial charge in [-0.15, -0.1) is 0 Å². The van der Waals surface area contributed by atoms with Crippen LogP contribution >= 0.6 is 0 Å². The van der Waals surface area contributed by atoms with E-state index >= 15 is 0 Å². The lowest BCUT2D eigenvalue weighted by Gasteiger charge is -2.43. The summed E-state index contributed by atoms with van der Waals surface area (Å²) in [6, 6.07) is 22.1. The lowest BCUT2D eigenvalue weighted by atomic mass is 10.00. The normalized spacial score (nSPS) is 17.4. The van der Waals surface area contributed by atoms with Crippen molar-refractivity contribution in [1.82, 2.24) is 0 Å². The quantitative estimate of drug-likeness (QED) is 0.103. The van der Waals surface area contributed by atoms with Gasteiger partial charge in [0.15, 0.2) is 6.29 Å². The maximum Gasteiger partial charge on any atom is 0.261 e. The highest BCUT2D eigenvalue weighted by Gasteiger charge is 2.50. The predicted octanol–water partition coefficient (Wildman–Crippen LogP) is 8.81. The Hall–Kier alpha value is -1.72. The van der Waals surface area contributed by atoms with E-state index in [1.807, 2.05) is 0 Å². The van der Waals surface area contributed by atoms with Gasteiger partial charge in [0, 0.05) is 19.8 Å². The van der Waals surface area contributed by atoms with Crippen LogP contribution in [0.15, 0.2) is 72.8 Å². The Morgan fingerprint density at radius 2 is 1.45 bits per heavy atom. The van der Waals surface area contributed by atoms with Crippen LogP contribution in [0.5, 0.6) is 0 Å². The van der Waals surface area contributed by atoms with Gasteiger partial charge in [-0.05, 0) is 59.9 Å². The zero-order valence-corrected chi connectivity index (χ0v) is 26.9. The Bertz CT molecular complexity index is 892. The van der Waals surface area contributed by atoms with Crippen molar-refractivity contribution in [3.05, 3.63) is 72.8 Å². The molecule has 0 spiro atoms. The third-order valence-electron chi connectivity index (χ3n) is 8.24. The van der Waals surface area contributed by atoms with E-state index in [1.54, 1.807) is 0 Å². The fourth-order valence-corrected chi connectivity index (χ4v) is 10.6. The summed E-state index contributed by atoms with van der Waals surface area (Å²) in [5, 5.41) is 2.75. The molecule has 2 aromatic carbocycles. The number of rotatable bonds is 18. The first kappa shape index (κ1) is 32.8. The molecule has 1 heterocycles. The van der Waals surface area contributed by atoms with E-state index in [0.717, 1.165) is 39.1 Å². The molecule has 222 valence electrons. The summed E-state index contributed by atoms with van der Waals surface area (Å²) in [5.74, 6) is 0.459. The maximum absolute atomic E-state index is 7.27. The Labute approximate surface area is 246 Å². The largest absolute Gasteiger partial charge is 0.407 e. The summed E-state index contributed by atoms with van der Waals surface area (Å²) in [6.45, 7) is 11.8. The zero-order chi connectivity index (χ0) is 28.5. The van der Waals surface area contributed by atoms with E-state index in [0.29, 0.717) is 5.92 Å². The van der Waals surface area contributed by atoms with Gasteiger partial charge in [-0.25, -0.2) is 0 Å². The highest BCUT2D eigenvalue weighted by molar-refractivity contribution is 6.99. The molecule has 1 saturated heterocycles. The van der Waals surface area contributed by atoms with Gasteiger partial charge in [0.2, 0.25) is 0 Å². The molecule has 2 atom stereocenters. The first-order valence-corrected chi connectivity index (χ1v) is 18.0. The van der Waals surface area contributed by atoms with E-state index in [-0.39, 0.29) is 11.3 Å². The fraction of sp³-hybridized carbons (Fsp3) is 0.611. The van der Waals surface area contributed by atoms with Crippen LogP contribution in [0.4, 0.5) is 0 Å². The lowest BCUT2D eigenvalue weighted by molar-refractivity contribution is -0.162.